The monoisotopic (exact) mass is 300 g/mol. The van der Waals surface area contributed by atoms with Gasteiger partial charge in [0.15, 0.2) is 0 Å². The molecule has 22 heavy (non-hydrogen) atoms. The van der Waals surface area contributed by atoms with Gasteiger partial charge in [-0.25, -0.2) is 0 Å². The van der Waals surface area contributed by atoms with E-state index in [2.05, 4.69) is 0 Å². The molecule has 2 aromatic rings. The summed E-state index contributed by atoms with van der Waals surface area (Å²) in [6, 6.07) is 15.1. The smallest absolute Gasteiger partial charge is 0.121 e. The second kappa shape index (κ2) is 8.82. The maximum absolute atomic E-state index is 5.70. The Labute approximate surface area is 132 Å². The van der Waals surface area contributed by atoms with Crippen LogP contribution in [-0.2, 0) is 0 Å². The summed E-state index contributed by atoms with van der Waals surface area (Å²) >= 11 is 0. The predicted molar refractivity (Wildman–Crippen MR) is 91.2 cm³/mol. The van der Waals surface area contributed by atoms with Gasteiger partial charge >= 0.3 is 0 Å². The summed E-state index contributed by atoms with van der Waals surface area (Å²) in [4.78, 5) is 0. The maximum Gasteiger partial charge on any atom is 0.121 e. The number of nitrogens with two attached hydrogens (primary N) is 2. The molecule has 0 unspecified atom stereocenters. The number of hydrogen-bond acceptors (Lipinski definition) is 4. The van der Waals surface area contributed by atoms with Crippen molar-refractivity contribution in [3.8, 4) is 11.5 Å². The summed E-state index contributed by atoms with van der Waals surface area (Å²) in [6.07, 6.45) is 4.32. The molecule has 0 heterocycles. The molecule has 0 aliphatic rings. The van der Waals surface area contributed by atoms with Crippen LogP contribution in [-0.4, -0.2) is 13.2 Å². The number of unbranched alkanes of at least 4 members (excludes halogenated alkanes) is 3. The highest BCUT2D eigenvalue weighted by Crippen LogP contribution is 2.16. The van der Waals surface area contributed by atoms with Crippen molar-refractivity contribution in [2.75, 3.05) is 24.7 Å². The molecule has 4 nitrogen and oxygen atoms in total. The van der Waals surface area contributed by atoms with Gasteiger partial charge in [-0.15, -0.1) is 0 Å². The van der Waals surface area contributed by atoms with Crippen molar-refractivity contribution in [3.05, 3.63) is 48.5 Å². The minimum Gasteiger partial charge on any atom is -0.494 e. The molecule has 4 N–H and O–H groups in total. The summed E-state index contributed by atoms with van der Waals surface area (Å²) in [5.74, 6) is 1.68. The molecule has 118 valence electrons. The third-order valence-electron chi connectivity index (χ3n) is 3.29. The van der Waals surface area contributed by atoms with Gasteiger partial charge in [-0.05, 0) is 49.9 Å². The van der Waals surface area contributed by atoms with Crippen LogP contribution >= 0.6 is 0 Å². The van der Waals surface area contributed by atoms with Crippen LogP contribution in [0, 0.1) is 0 Å². The molecule has 0 spiro atoms. The molecule has 0 saturated carbocycles. The van der Waals surface area contributed by atoms with Gasteiger partial charge in [0.1, 0.15) is 11.5 Å². The van der Waals surface area contributed by atoms with E-state index in [1.54, 1.807) is 0 Å². The lowest BCUT2D eigenvalue weighted by atomic mass is 10.2. The van der Waals surface area contributed by atoms with Crippen LogP contribution in [0.2, 0.25) is 0 Å². The van der Waals surface area contributed by atoms with Crippen LogP contribution in [0.5, 0.6) is 11.5 Å². The lowest BCUT2D eigenvalue weighted by molar-refractivity contribution is 0.288. The van der Waals surface area contributed by atoms with E-state index in [9.17, 15) is 0 Å². The Morgan fingerprint density at radius 1 is 0.636 bits per heavy atom. The number of benzene rings is 2. The second-order valence-electron chi connectivity index (χ2n) is 5.26. The predicted octanol–water partition coefficient (Wildman–Crippen LogP) is 3.87. The first-order chi connectivity index (χ1) is 10.7. The molecule has 0 saturated heterocycles. The molecule has 0 aliphatic heterocycles. The Morgan fingerprint density at radius 2 is 1.09 bits per heavy atom. The maximum atomic E-state index is 5.70. The van der Waals surface area contributed by atoms with Gasteiger partial charge in [-0.3, -0.25) is 0 Å². The van der Waals surface area contributed by atoms with Gasteiger partial charge in [0.2, 0.25) is 0 Å². The van der Waals surface area contributed by atoms with E-state index >= 15 is 0 Å². The molecule has 0 aromatic heterocycles. The van der Waals surface area contributed by atoms with Crippen molar-refractivity contribution in [1.82, 2.24) is 0 Å². The van der Waals surface area contributed by atoms with Crippen LogP contribution in [0.3, 0.4) is 0 Å². The zero-order valence-electron chi connectivity index (χ0n) is 12.8. The van der Waals surface area contributed by atoms with Gasteiger partial charge in [-0.2, -0.15) is 0 Å². The van der Waals surface area contributed by atoms with E-state index in [1.807, 2.05) is 48.5 Å². The minimum absolute atomic E-state index is 0.722. The Hall–Kier alpha value is -2.36. The highest BCUT2D eigenvalue weighted by Gasteiger charge is 1.97. The van der Waals surface area contributed by atoms with Crippen molar-refractivity contribution in [2.24, 2.45) is 0 Å². The highest BCUT2D eigenvalue weighted by atomic mass is 16.5. The first-order valence-corrected chi connectivity index (χ1v) is 7.71. The average molecular weight is 300 g/mol. The van der Waals surface area contributed by atoms with E-state index in [0.717, 1.165) is 61.8 Å². The molecule has 0 aliphatic carbocycles. The van der Waals surface area contributed by atoms with Gasteiger partial charge in [0.05, 0.1) is 13.2 Å². The van der Waals surface area contributed by atoms with Gasteiger partial charge in [0, 0.05) is 23.5 Å². The number of rotatable bonds is 9. The van der Waals surface area contributed by atoms with Crippen LogP contribution < -0.4 is 20.9 Å². The van der Waals surface area contributed by atoms with Crippen LogP contribution in [0.25, 0.3) is 0 Å². The van der Waals surface area contributed by atoms with E-state index in [1.165, 1.54) is 0 Å². The number of hydrogen-bond donors (Lipinski definition) is 2. The highest BCUT2D eigenvalue weighted by molar-refractivity contribution is 5.44. The zero-order chi connectivity index (χ0) is 15.6. The van der Waals surface area contributed by atoms with E-state index < -0.39 is 0 Å². The molecule has 2 aromatic carbocycles. The second-order valence-corrected chi connectivity index (χ2v) is 5.26. The number of nitrogen functional groups attached to an aromatic ring is 2. The quantitative estimate of drug-likeness (QED) is 0.545. The van der Waals surface area contributed by atoms with Gasteiger partial charge in [-0.1, -0.05) is 12.1 Å². The third kappa shape index (κ3) is 5.95. The van der Waals surface area contributed by atoms with Gasteiger partial charge in [0.25, 0.3) is 0 Å². The zero-order valence-corrected chi connectivity index (χ0v) is 12.8. The van der Waals surface area contributed by atoms with Crippen molar-refractivity contribution < 1.29 is 9.47 Å². The Morgan fingerprint density at radius 3 is 1.50 bits per heavy atom. The SMILES string of the molecule is Nc1cccc(OCCCCCCOc2cccc(N)c2)c1. The summed E-state index contributed by atoms with van der Waals surface area (Å²) in [5.41, 5.74) is 12.9. The summed E-state index contributed by atoms with van der Waals surface area (Å²) in [5, 5.41) is 0. The normalized spacial score (nSPS) is 10.4. The fourth-order valence-electron chi connectivity index (χ4n) is 2.15. The number of anilines is 2. The lowest BCUT2D eigenvalue weighted by Crippen LogP contribution is -2.00. The van der Waals surface area contributed by atoms with Crippen molar-refractivity contribution in [1.29, 1.82) is 0 Å². The van der Waals surface area contributed by atoms with Crippen LogP contribution in [0.4, 0.5) is 11.4 Å². The molecule has 0 atom stereocenters. The lowest BCUT2D eigenvalue weighted by Gasteiger charge is -2.08. The van der Waals surface area contributed by atoms with E-state index in [4.69, 9.17) is 20.9 Å². The Balaban J connectivity index is 1.49. The fourth-order valence-corrected chi connectivity index (χ4v) is 2.15. The van der Waals surface area contributed by atoms with Crippen molar-refractivity contribution in [2.45, 2.75) is 25.7 Å². The molecule has 0 bridgehead atoms. The first kappa shape index (κ1) is 16.0. The van der Waals surface area contributed by atoms with Crippen molar-refractivity contribution in [3.63, 3.8) is 0 Å². The topological polar surface area (TPSA) is 70.5 Å². The van der Waals surface area contributed by atoms with Crippen LogP contribution in [0.1, 0.15) is 25.7 Å². The molecular formula is C18H24N2O2. The summed E-state index contributed by atoms with van der Waals surface area (Å²) in [7, 11) is 0. The summed E-state index contributed by atoms with van der Waals surface area (Å²) < 4.78 is 11.3. The third-order valence-corrected chi connectivity index (χ3v) is 3.29. The average Bonchev–Trinajstić information content (AvgIpc) is 2.50. The molecule has 0 radical (unpaired) electrons. The molecule has 0 fully saturated rings. The molecule has 4 heteroatoms. The Bertz CT molecular complexity index is 521. The standard InChI is InChI=1S/C18H24N2O2/c19-15-7-5-9-17(13-15)21-11-3-1-2-4-12-22-18-10-6-8-16(20)14-18/h5-10,13-14H,1-4,11-12,19-20H2. The van der Waals surface area contributed by atoms with Gasteiger partial charge < -0.3 is 20.9 Å². The molecule has 0 amide bonds. The van der Waals surface area contributed by atoms with E-state index in [0.29, 0.717) is 0 Å². The fraction of sp³-hybridized carbons (Fsp3) is 0.333. The van der Waals surface area contributed by atoms with Crippen molar-refractivity contribution >= 4 is 11.4 Å². The summed E-state index contributed by atoms with van der Waals surface area (Å²) in [6.45, 7) is 1.44. The number of ether oxygens (including phenoxy) is 2. The minimum atomic E-state index is 0.722. The Kier molecular flexibility index (Phi) is 6.42. The molecular weight excluding hydrogens is 276 g/mol. The van der Waals surface area contributed by atoms with E-state index in [-0.39, 0.29) is 0 Å². The first-order valence-electron chi connectivity index (χ1n) is 7.71. The largest absolute Gasteiger partial charge is 0.494 e. The molecule has 2 rings (SSSR count). The van der Waals surface area contributed by atoms with Crippen LogP contribution in [0.15, 0.2) is 48.5 Å².